The summed E-state index contributed by atoms with van der Waals surface area (Å²) in [5.41, 5.74) is 3.05. The van der Waals surface area contributed by atoms with Crippen molar-refractivity contribution in [3.8, 4) is 0 Å². The molecule has 0 amide bonds. The van der Waals surface area contributed by atoms with Crippen molar-refractivity contribution in [1.29, 1.82) is 0 Å². The van der Waals surface area contributed by atoms with Crippen LogP contribution in [0.5, 0.6) is 0 Å². The molecule has 0 atom stereocenters. The monoisotopic (exact) mass is 265 g/mol. The Morgan fingerprint density at radius 1 is 1.28 bits per heavy atom. The maximum Gasteiger partial charge on any atom is 0.338 e. The van der Waals surface area contributed by atoms with Crippen LogP contribution in [-0.4, -0.2) is 30.1 Å². The maximum atomic E-state index is 11.7. The number of rotatable bonds is 4. The van der Waals surface area contributed by atoms with E-state index in [1.54, 1.807) is 23.7 Å². The Labute approximate surface area is 107 Å². The Hall–Kier alpha value is -1.95. The molecule has 0 aliphatic carbocycles. The molecule has 18 heavy (non-hydrogen) atoms. The molecule has 2 aromatic rings. The van der Waals surface area contributed by atoms with Gasteiger partial charge in [0.05, 0.1) is 21.3 Å². The summed E-state index contributed by atoms with van der Waals surface area (Å²) < 4.78 is 10.6. The van der Waals surface area contributed by atoms with Gasteiger partial charge in [0.15, 0.2) is 0 Å². The second kappa shape index (κ2) is 5.59. The normalized spacial score (nSPS) is 10.3. The Balaban J connectivity index is 1.93. The number of nitrogens with zero attached hydrogens (tertiary/aromatic N) is 1. The second-order valence-corrected chi connectivity index (χ2v) is 4.40. The largest absolute Gasteiger partial charge is 0.462 e. The fourth-order valence-electron chi connectivity index (χ4n) is 1.39. The van der Waals surface area contributed by atoms with Gasteiger partial charge >= 0.3 is 11.9 Å². The van der Waals surface area contributed by atoms with E-state index < -0.39 is 11.9 Å². The van der Waals surface area contributed by atoms with Gasteiger partial charge in [0, 0.05) is 6.92 Å². The summed E-state index contributed by atoms with van der Waals surface area (Å²) in [5.74, 6) is -0.824. The van der Waals surface area contributed by atoms with E-state index >= 15 is 0 Å². The highest BCUT2D eigenvalue weighted by molar-refractivity contribution is 7.16. The van der Waals surface area contributed by atoms with Crippen molar-refractivity contribution in [3.05, 3.63) is 29.3 Å². The van der Waals surface area contributed by atoms with Gasteiger partial charge in [0.25, 0.3) is 0 Å². The fraction of sp³-hybridized carbons (Fsp3) is 0.250. The molecule has 0 saturated heterocycles. The number of ether oxygens (including phenoxy) is 2. The van der Waals surface area contributed by atoms with Gasteiger partial charge in [0.1, 0.15) is 13.2 Å². The van der Waals surface area contributed by atoms with E-state index in [9.17, 15) is 9.59 Å². The first-order valence-corrected chi connectivity index (χ1v) is 6.18. The molecule has 1 aromatic heterocycles. The molecule has 0 N–H and O–H groups in total. The first kappa shape index (κ1) is 12.5. The molecule has 0 saturated carbocycles. The standard InChI is InChI=1S/C12H11NO4S/c1-8(14)16-4-5-17-12(15)9-2-3-10-11(6-9)18-7-13-10/h2-3,6-7H,4-5H2,1H3. The highest BCUT2D eigenvalue weighted by Gasteiger charge is 2.08. The zero-order valence-electron chi connectivity index (χ0n) is 9.71. The number of carbonyl (C=O) groups excluding carboxylic acids is 2. The van der Waals surface area contributed by atoms with Crippen LogP contribution in [0.15, 0.2) is 23.7 Å². The third-order valence-electron chi connectivity index (χ3n) is 2.19. The number of thiazole rings is 1. The van der Waals surface area contributed by atoms with Crippen LogP contribution >= 0.6 is 11.3 Å². The van der Waals surface area contributed by atoms with Gasteiger partial charge in [-0.05, 0) is 18.2 Å². The molecular weight excluding hydrogens is 254 g/mol. The van der Waals surface area contributed by atoms with Crippen molar-refractivity contribution in [2.24, 2.45) is 0 Å². The minimum Gasteiger partial charge on any atom is -0.462 e. The topological polar surface area (TPSA) is 65.5 Å². The minimum atomic E-state index is -0.433. The van der Waals surface area contributed by atoms with Crippen LogP contribution in [0.3, 0.4) is 0 Å². The Kier molecular flexibility index (Phi) is 3.88. The first-order valence-electron chi connectivity index (χ1n) is 5.30. The second-order valence-electron chi connectivity index (χ2n) is 3.51. The predicted molar refractivity (Wildman–Crippen MR) is 66.5 cm³/mol. The predicted octanol–water partition coefficient (Wildman–Crippen LogP) is 2.02. The molecule has 0 spiro atoms. The van der Waals surface area contributed by atoms with Crippen molar-refractivity contribution in [2.45, 2.75) is 6.92 Å². The summed E-state index contributed by atoms with van der Waals surface area (Å²) in [4.78, 5) is 26.3. The third-order valence-corrected chi connectivity index (χ3v) is 2.98. The number of esters is 2. The van der Waals surface area contributed by atoms with E-state index in [-0.39, 0.29) is 13.2 Å². The molecule has 0 fully saturated rings. The molecule has 0 aliphatic heterocycles. The highest BCUT2D eigenvalue weighted by atomic mass is 32.1. The highest BCUT2D eigenvalue weighted by Crippen LogP contribution is 2.19. The number of aromatic nitrogens is 1. The maximum absolute atomic E-state index is 11.7. The van der Waals surface area contributed by atoms with Crippen molar-refractivity contribution in [2.75, 3.05) is 13.2 Å². The number of fused-ring (bicyclic) bond motifs is 1. The van der Waals surface area contributed by atoms with Crippen LogP contribution in [0, 0.1) is 0 Å². The van der Waals surface area contributed by atoms with Gasteiger partial charge in [-0.1, -0.05) is 0 Å². The van der Waals surface area contributed by atoms with Crippen LogP contribution in [-0.2, 0) is 14.3 Å². The van der Waals surface area contributed by atoms with E-state index in [2.05, 4.69) is 9.72 Å². The van der Waals surface area contributed by atoms with E-state index in [1.807, 2.05) is 0 Å². The number of hydrogen-bond acceptors (Lipinski definition) is 6. The van der Waals surface area contributed by atoms with Crippen LogP contribution < -0.4 is 0 Å². The van der Waals surface area contributed by atoms with Crippen molar-refractivity contribution >= 4 is 33.5 Å². The molecule has 0 bridgehead atoms. The molecule has 94 valence electrons. The van der Waals surface area contributed by atoms with Crippen LogP contribution in [0.1, 0.15) is 17.3 Å². The molecule has 0 unspecified atom stereocenters. The van der Waals surface area contributed by atoms with E-state index in [4.69, 9.17) is 4.74 Å². The van der Waals surface area contributed by atoms with Crippen molar-refractivity contribution in [1.82, 2.24) is 4.98 Å². The number of carbonyl (C=O) groups is 2. The molecule has 0 radical (unpaired) electrons. The lowest BCUT2D eigenvalue weighted by Crippen LogP contribution is -2.12. The lowest BCUT2D eigenvalue weighted by molar-refractivity contribution is -0.142. The molecule has 0 aliphatic rings. The van der Waals surface area contributed by atoms with Crippen molar-refractivity contribution in [3.63, 3.8) is 0 Å². The lowest BCUT2D eigenvalue weighted by atomic mass is 10.2. The van der Waals surface area contributed by atoms with Crippen LogP contribution in [0.2, 0.25) is 0 Å². The van der Waals surface area contributed by atoms with E-state index in [0.29, 0.717) is 5.56 Å². The van der Waals surface area contributed by atoms with Gasteiger partial charge in [-0.25, -0.2) is 9.78 Å². The quantitative estimate of drug-likeness (QED) is 0.625. The minimum absolute atomic E-state index is 0.0547. The SMILES string of the molecule is CC(=O)OCCOC(=O)c1ccc2ncsc2c1. The Morgan fingerprint density at radius 2 is 2.06 bits per heavy atom. The lowest BCUT2D eigenvalue weighted by Gasteiger charge is -2.04. The number of benzene rings is 1. The summed E-state index contributed by atoms with van der Waals surface area (Å²) in [5, 5.41) is 0. The summed E-state index contributed by atoms with van der Waals surface area (Å²) in [6.45, 7) is 1.43. The smallest absolute Gasteiger partial charge is 0.338 e. The third kappa shape index (κ3) is 3.04. The zero-order valence-corrected chi connectivity index (χ0v) is 10.5. The molecule has 2 rings (SSSR count). The number of hydrogen-bond donors (Lipinski definition) is 0. The summed E-state index contributed by atoms with van der Waals surface area (Å²) in [6, 6.07) is 5.17. The van der Waals surface area contributed by atoms with Gasteiger partial charge in [-0.3, -0.25) is 4.79 Å². The van der Waals surface area contributed by atoms with Gasteiger partial charge in [-0.15, -0.1) is 11.3 Å². The molecule has 1 aromatic carbocycles. The summed E-state index contributed by atoms with van der Waals surface area (Å²) >= 11 is 1.46. The van der Waals surface area contributed by atoms with Gasteiger partial charge in [0.2, 0.25) is 0 Å². The molecule has 6 heteroatoms. The zero-order chi connectivity index (χ0) is 13.0. The van der Waals surface area contributed by atoms with Crippen molar-refractivity contribution < 1.29 is 19.1 Å². The molecule has 5 nitrogen and oxygen atoms in total. The van der Waals surface area contributed by atoms with Gasteiger partial charge < -0.3 is 9.47 Å². The van der Waals surface area contributed by atoms with Crippen LogP contribution in [0.25, 0.3) is 10.2 Å². The average Bonchev–Trinajstić information content (AvgIpc) is 2.81. The fourth-order valence-corrected chi connectivity index (χ4v) is 2.10. The molecule has 1 heterocycles. The Bertz CT molecular complexity index is 578. The summed E-state index contributed by atoms with van der Waals surface area (Å²) in [6.07, 6.45) is 0. The van der Waals surface area contributed by atoms with E-state index in [1.165, 1.54) is 18.3 Å². The van der Waals surface area contributed by atoms with Crippen LogP contribution in [0.4, 0.5) is 0 Å². The van der Waals surface area contributed by atoms with E-state index in [0.717, 1.165) is 10.2 Å². The summed E-state index contributed by atoms with van der Waals surface area (Å²) in [7, 11) is 0. The average molecular weight is 265 g/mol. The first-order chi connectivity index (χ1) is 8.66. The van der Waals surface area contributed by atoms with Gasteiger partial charge in [-0.2, -0.15) is 0 Å². The molecular formula is C12H11NO4S. The Morgan fingerprint density at radius 3 is 2.83 bits per heavy atom.